The van der Waals surface area contributed by atoms with Crippen LogP contribution in [0.3, 0.4) is 0 Å². The first-order valence-corrected chi connectivity index (χ1v) is 6.87. The minimum absolute atomic E-state index is 0.0802. The molecule has 5 heteroatoms. The molecule has 4 nitrogen and oxygen atoms in total. The third-order valence-electron chi connectivity index (χ3n) is 2.54. The van der Waals surface area contributed by atoms with Gasteiger partial charge in [-0.2, -0.15) is 0 Å². The van der Waals surface area contributed by atoms with E-state index in [0.29, 0.717) is 5.75 Å². The molecule has 0 saturated heterocycles. The van der Waals surface area contributed by atoms with Gasteiger partial charge in [-0.25, -0.2) is 13.6 Å². The van der Waals surface area contributed by atoms with Crippen LogP contribution >= 0.6 is 0 Å². The smallest absolute Gasteiger partial charge is 0.241 e. The summed E-state index contributed by atoms with van der Waals surface area (Å²) in [6.45, 7) is 2.01. The summed E-state index contributed by atoms with van der Waals surface area (Å²) >= 11 is 0. The van der Waals surface area contributed by atoms with Gasteiger partial charge in [0.05, 0.1) is 6.10 Å². The minimum Gasteiger partial charge on any atom is -0.489 e. The molecule has 0 unspecified atom stereocenters. The van der Waals surface area contributed by atoms with Crippen LogP contribution in [-0.2, 0) is 16.4 Å². The van der Waals surface area contributed by atoms with Crippen LogP contribution < -0.4 is 9.88 Å². The van der Waals surface area contributed by atoms with Gasteiger partial charge in [-0.3, -0.25) is 0 Å². The minimum atomic E-state index is -3.70. The molecule has 0 bridgehead atoms. The van der Waals surface area contributed by atoms with E-state index in [-0.39, 0.29) is 11.0 Å². The molecule has 0 aliphatic heterocycles. The van der Waals surface area contributed by atoms with Crippen molar-refractivity contribution < 1.29 is 13.2 Å². The molecule has 1 saturated carbocycles. The standard InChI is InChI=1S/C11H15NO3S/c1-2-8-3-6-11(16(12,13)14)10(7-8)15-9-4-5-9/h3,6-7,9H,2,4-5H2,1H3,(H2,12,13,14). The van der Waals surface area contributed by atoms with Crippen LogP contribution in [0.15, 0.2) is 23.1 Å². The Balaban J connectivity index is 2.41. The summed E-state index contributed by atoms with van der Waals surface area (Å²) in [4.78, 5) is 0.0802. The maximum atomic E-state index is 11.4. The van der Waals surface area contributed by atoms with E-state index in [1.54, 1.807) is 12.1 Å². The van der Waals surface area contributed by atoms with Crippen LogP contribution in [-0.4, -0.2) is 14.5 Å². The molecule has 0 spiro atoms. The highest BCUT2D eigenvalue weighted by Gasteiger charge is 2.26. The molecular weight excluding hydrogens is 226 g/mol. The second-order valence-electron chi connectivity index (χ2n) is 4.00. The molecule has 1 aliphatic carbocycles. The number of ether oxygens (including phenoxy) is 1. The third-order valence-corrected chi connectivity index (χ3v) is 3.49. The molecule has 88 valence electrons. The predicted octanol–water partition coefficient (Wildman–Crippen LogP) is 1.44. The van der Waals surface area contributed by atoms with Gasteiger partial charge in [0.1, 0.15) is 10.6 Å². The number of sulfonamides is 1. The van der Waals surface area contributed by atoms with Crippen LogP contribution in [0.2, 0.25) is 0 Å². The zero-order valence-corrected chi connectivity index (χ0v) is 9.96. The van der Waals surface area contributed by atoms with E-state index in [2.05, 4.69) is 0 Å². The lowest BCUT2D eigenvalue weighted by Gasteiger charge is -2.10. The molecule has 1 aromatic carbocycles. The number of primary sulfonamides is 1. The highest BCUT2D eigenvalue weighted by molar-refractivity contribution is 7.89. The first kappa shape index (κ1) is 11.4. The third kappa shape index (κ3) is 2.54. The van der Waals surface area contributed by atoms with E-state index in [1.807, 2.05) is 6.92 Å². The molecule has 0 radical (unpaired) electrons. The number of nitrogens with two attached hydrogens (primary N) is 1. The Bertz CT molecular complexity index is 492. The summed E-state index contributed by atoms with van der Waals surface area (Å²) in [5, 5.41) is 5.14. The monoisotopic (exact) mass is 241 g/mol. The highest BCUT2D eigenvalue weighted by Crippen LogP contribution is 2.31. The number of hydrogen-bond acceptors (Lipinski definition) is 3. The van der Waals surface area contributed by atoms with E-state index in [4.69, 9.17) is 9.88 Å². The first-order valence-electron chi connectivity index (χ1n) is 5.33. The van der Waals surface area contributed by atoms with Gasteiger partial charge in [0, 0.05) is 0 Å². The van der Waals surface area contributed by atoms with Crippen LogP contribution in [0, 0.1) is 0 Å². The fourth-order valence-corrected chi connectivity index (χ4v) is 2.11. The topological polar surface area (TPSA) is 69.4 Å². The highest BCUT2D eigenvalue weighted by atomic mass is 32.2. The lowest BCUT2D eigenvalue weighted by Crippen LogP contribution is -2.14. The van der Waals surface area contributed by atoms with Gasteiger partial charge in [-0.05, 0) is 37.0 Å². The number of benzene rings is 1. The van der Waals surface area contributed by atoms with E-state index >= 15 is 0 Å². The average molecular weight is 241 g/mol. The normalized spacial score (nSPS) is 16.1. The van der Waals surface area contributed by atoms with E-state index in [0.717, 1.165) is 24.8 Å². The Hall–Kier alpha value is -1.07. The fraction of sp³-hybridized carbons (Fsp3) is 0.455. The molecule has 1 aliphatic rings. The number of rotatable bonds is 4. The molecule has 16 heavy (non-hydrogen) atoms. The Labute approximate surface area is 95.5 Å². The summed E-state index contributed by atoms with van der Waals surface area (Å²) in [5.74, 6) is 0.393. The maximum Gasteiger partial charge on any atom is 0.241 e. The van der Waals surface area contributed by atoms with Crippen molar-refractivity contribution in [3.8, 4) is 5.75 Å². The van der Waals surface area contributed by atoms with Crippen molar-refractivity contribution in [3.63, 3.8) is 0 Å². The predicted molar refractivity (Wildman–Crippen MR) is 60.8 cm³/mol. The van der Waals surface area contributed by atoms with Gasteiger partial charge in [0.25, 0.3) is 0 Å². The van der Waals surface area contributed by atoms with Crippen LogP contribution in [0.5, 0.6) is 5.75 Å². The fourth-order valence-electron chi connectivity index (χ4n) is 1.46. The number of hydrogen-bond donors (Lipinski definition) is 1. The average Bonchev–Trinajstić information content (AvgIpc) is 3.00. The summed E-state index contributed by atoms with van der Waals surface area (Å²) in [6.07, 6.45) is 2.97. The van der Waals surface area contributed by atoms with E-state index in [9.17, 15) is 8.42 Å². The SMILES string of the molecule is CCc1ccc(S(N)(=O)=O)c(OC2CC2)c1. The summed E-state index contributed by atoms with van der Waals surface area (Å²) in [7, 11) is -3.70. The van der Waals surface area contributed by atoms with Gasteiger partial charge in [-0.1, -0.05) is 13.0 Å². The van der Waals surface area contributed by atoms with Crippen molar-refractivity contribution >= 4 is 10.0 Å². The summed E-state index contributed by atoms with van der Waals surface area (Å²) in [5.41, 5.74) is 1.04. The van der Waals surface area contributed by atoms with Gasteiger partial charge < -0.3 is 4.74 Å². The van der Waals surface area contributed by atoms with Gasteiger partial charge in [0.2, 0.25) is 10.0 Å². The molecule has 2 rings (SSSR count). The largest absolute Gasteiger partial charge is 0.489 e. The quantitative estimate of drug-likeness (QED) is 0.867. The molecule has 2 N–H and O–H groups in total. The Morgan fingerprint density at radius 1 is 1.44 bits per heavy atom. The van der Waals surface area contributed by atoms with Crippen LogP contribution in [0.1, 0.15) is 25.3 Å². The Morgan fingerprint density at radius 2 is 2.12 bits per heavy atom. The van der Waals surface area contributed by atoms with Crippen molar-refractivity contribution in [1.29, 1.82) is 0 Å². The Kier molecular flexibility index (Phi) is 2.90. The lowest BCUT2D eigenvalue weighted by molar-refractivity contribution is 0.295. The molecule has 1 aromatic rings. The Morgan fingerprint density at radius 3 is 2.62 bits per heavy atom. The molecule has 0 amide bonds. The molecule has 1 fully saturated rings. The van der Waals surface area contributed by atoms with Gasteiger partial charge in [-0.15, -0.1) is 0 Å². The zero-order chi connectivity index (χ0) is 11.8. The molecule has 0 heterocycles. The summed E-state index contributed by atoms with van der Waals surface area (Å²) < 4.78 is 28.3. The van der Waals surface area contributed by atoms with Gasteiger partial charge >= 0.3 is 0 Å². The van der Waals surface area contributed by atoms with Crippen LogP contribution in [0.25, 0.3) is 0 Å². The van der Waals surface area contributed by atoms with E-state index < -0.39 is 10.0 Å². The van der Waals surface area contributed by atoms with Crippen molar-refractivity contribution in [3.05, 3.63) is 23.8 Å². The van der Waals surface area contributed by atoms with Gasteiger partial charge in [0.15, 0.2) is 0 Å². The van der Waals surface area contributed by atoms with Crippen LogP contribution in [0.4, 0.5) is 0 Å². The van der Waals surface area contributed by atoms with Crippen molar-refractivity contribution in [2.24, 2.45) is 5.14 Å². The van der Waals surface area contributed by atoms with E-state index in [1.165, 1.54) is 6.07 Å². The second-order valence-corrected chi connectivity index (χ2v) is 5.53. The number of aryl methyl sites for hydroxylation is 1. The van der Waals surface area contributed by atoms with Crippen molar-refractivity contribution in [2.75, 3.05) is 0 Å². The summed E-state index contributed by atoms with van der Waals surface area (Å²) in [6, 6.07) is 5.05. The van der Waals surface area contributed by atoms with Crippen molar-refractivity contribution in [2.45, 2.75) is 37.2 Å². The molecule has 0 aromatic heterocycles. The lowest BCUT2D eigenvalue weighted by atomic mass is 10.2. The second kappa shape index (κ2) is 4.07. The zero-order valence-electron chi connectivity index (χ0n) is 9.14. The maximum absolute atomic E-state index is 11.4. The van der Waals surface area contributed by atoms with Crippen molar-refractivity contribution in [1.82, 2.24) is 0 Å². The molecular formula is C11H15NO3S. The first-order chi connectivity index (χ1) is 7.50. The molecule has 0 atom stereocenters.